The van der Waals surface area contributed by atoms with Crippen LogP contribution in [0.1, 0.15) is 29.0 Å². The number of carbonyl (C=O) groups is 1. The van der Waals surface area contributed by atoms with Gasteiger partial charge in [-0.1, -0.05) is 0 Å². The van der Waals surface area contributed by atoms with Crippen molar-refractivity contribution in [2.75, 3.05) is 13.1 Å². The first-order valence-corrected chi connectivity index (χ1v) is 7.56. The average Bonchev–Trinajstić information content (AvgIpc) is 2.55. The molecule has 0 spiro atoms. The normalized spacial score (nSPS) is 15.4. The molecule has 1 N–H and O–H groups in total. The van der Waals surface area contributed by atoms with Crippen LogP contribution in [0.15, 0.2) is 35.4 Å². The van der Waals surface area contributed by atoms with Gasteiger partial charge in [0.15, 0.2) is 0 Å². The first-order valence-electron chi connectivity index (χ1n) is 7.56. The standard InChI is InChI=1S/C16H18N4O3/c1-11-17-7-3-15(19-11)23-13-4-8-20(9-5-13)16(22)12-2-6-18-14(21)10-12/h2-3,6-7,10,13H,4-5,8-9H2,1H3,(H,18,21). The Bertz CT molecular complexity index is 751. The molecule has 23 heavy (non-hydrogen) atoms. The number of H-pyrrole nitrogens is 1. The third-order valence-corrected chi connectivity index (χ3v) is 3.79. The molecule has 1 aliphatic rings. The first kappa shape index (κ1) is 15.2. The van der Waals surface area contributed by atoms with Gasteiger partial charge in [-0.15, -0.1) is 0 Å². The smallest absolute Gasteiger partial charge is 0.254 e. The second kappa shape index (κ2) is 6.60. The molecule has 1 saturated heterocycles. The van der Waals surface area contributed by atoms with Gasteiger partial charge in [0.2, 0.25) is 11.4 Å². The SMILES string of the molecule is Cc1nccc(OC2CCN(C(=O)c3cc[nH]c(=O)c3)CC2)n1. The molecule has 2 aromatic heterocycles. The van der Waals surface area contributed by atoms with Crippen molar-refractivity contribution >= 4 is 5.91 Å². The fraction of sp³-hybridized carbons (Fsp3) is 0.375. The van der Waals surface area contributed by atoms with Crippen LogP contribution in [0.25, 0.3) is 0 Å². The highest BCUT2D eigenvalue weighted by atomic mass is 16.5. The Labute approximate surface area is 133 Å². The molecule has 0 aliphatic carbocycles. The molecule has 1 amide bonds. The minimum absolute atomic E-state index is 0.0347. The van der Waals surface area contributed by atoms with Gasteiger partial charge < -0.3 is 14.6 Å². The van der Waals surface area contributed by atoms with E-state index >= 15 is 0 Å². The van der Waals surface area contributed by atoms with E-state index in [2.05, 4.69) is 15.0 Å². The van der Waals surface area contributed by atoms with Crippen LogP contribution in [0.4, 0.5) is 0 Å². The van der Waals surface area contributed by atoms with Crippen LogP contribution in [-0.4, -0.2) is 45.0 Å². The number of nitrogens with one attached hydrogen (secondary N) is 1. The molecule has 0 saturated carbocycles. The monoisotopic (exact) mass is 314 g/mol. The zero-order chi connectivity index (χ0) is 16.2. The number of hydrogen-bond donors (Lipinski definition) is 1. The molecule has 1 fully saturated rings. The summed E-state index contributed by atoms with van der Waals surface area (Å²) < 4.78 is 5.84. The Morgan fingerprint density at radius 3 is 2.83 bits per heavy atom. The molecule has 0 aromatic carbocycles. The van der Waals surface area contributed by atoms with Gasteiger partial charge in [0.25, 0.3) is 5.91 Å². The number of ether oxygens (including phenoxy) is 1. The second-order valence-electron chi connectivity index (χ2n) is 5.49. The summed E-state index contributed by atoms with van der Waals surface area (Å²) in [4.78, 5) is 36.2. The van der Waals surface area contributed by atoms with E-state index in [4.69, 9.17) is 4.74 Å². The van der Waals surface area contributed by atoms with E-state index in [1.54, 1.807) is 23.2 Å². The van der Waals surface area contributed by atoms with Crippen molar-refractivity contribution in [3.8, 4) is 5.88 Å². The van der Waals surface area contributed by atoms with Crippen LogP contribution in [-0.2, 0) is 0 Å². The van der Waals surface area contributed by atoms with E-state index in [0.717, 1.165) is 12.8 Å². The third-order valence-electron chi connectivity index (χ3n) is 3.79. The number of likely N-dealkylation sites (tertiary alicyclic amines) is 1. The fourth-order valence-electron chi connectivity index (χ4n) is 2.61. The quantitative estimate of drug-likeness (QED) is 0.918. The summed E-state index contributed by atoms with van der Waals surface area (Å²) in [7, 11) is 0. The molecule has 0 radical (unpaired) electrons. The first-order chi connectivity index (χ1) is 11.1. The van der Waals surface area contributed by atoms with Crippen LogP contribution in [0.5, 0.6) is 5.88 Å². The van der Waals surface area contributed by atoms with Crippen molar-refractivity contribution in [1.29, 1.82) is 0 Å². The van der Waals surface area contributed by atoms with Crippen molar-refractivity contribution < 1.29 is 9.53 Å². The number of nitrogens with zero attached hydrogens (tertiary/aromatic N) is 3. The maximum atomic E-state index is 12.4. The fourth-order valence-corrected chi connectivity index (χ4v) is 2.61. The lowest BCUT2D eigenvalue weighted by Crippen LogP contribution is -2.42. The van der Waals surface area contributed by atoms with E-state index in [0.29, 0.717) is 30.4 Å². The molecule has 1 aliphatic heterocycles. The Morgan fingerprint density at radius 1 is 1.35 bits per heavy atom. The van der Waals surface area contributed by atoms with Gasteiger partial charge in [-0.3, -0.25) is 9.59 Å². The molecule has 7 heteroatoms. The number of aromatic nitrogens is 3. The van der Waals surface area contributed by atoms with Crippen LogP contribution in [0, 0.1) is 6.92 Å². The van der Waals surface area contributed by atoms with Gasteiger partial charge in [-0.05, 0) is 13.0 Å². The summed E-state index contributed by atoms with van der Waals surface area (Å²) in [6, 6.07) is 4.69. The van der Waals surface area contributed by atoms with E-state index in [-0.39, 0.29) is 17.6 Å². The summed E-state index contributed by atoms with van der Waals surface area (Å²) in [5.74, 6) is 1.12. The number of rotatable bonds is 3. The zero-order valence-corrected chi connectivity index (χ0v) is 12.9. The van der Waals surface area contributed by atoms with Crippen molar-refractivity contribution in [1.82, 2.24) is 19.9 Å². The van der Waals surface area contributed by atoms with Crippen LogP contribution >= 0.6 is 0 Å². The maximum Gasteiger partial charge on any atom is 0.254 e. The number of piperidine rings is 1. The lowest BCUT2D eigenvalue weighted by atomic mass is 10.1. The number of hydrogen-bond acceptors (Lipinski definition) is 5. The topological polar surface area (TPSA) is 88.2 Å². The minimum atomic E-state index is -0.270. The minimum Gasteiger partial charge on any atom is -0.474 e. The molecule has 2 aromatic rings. The van der Waals surface area contributed by atoms with Gasteiger partial charge in [0, 0.05) is 56.0 Å². The number of amides is 1. The lowest BCUT2D eigenvalue weighted by molar-refractivity contribution is 0.0587. The highest BCUT2D eigenvalue weighted by molar-refractivity contribution is 5.94. The molecule has 3 heterocycles. The van der Waals surface area contributed by atoms with Gasteiger partial charge >= 0.3 is 0 Å². The molecule has 3 rings (SSSR count). The predicted molar refractivity (Wildman–Crippen MR) is 83.4 cm³/mol. The molecular weight excluding hydrogens is 296 g/mol. The summed E-state index contributed by atoms with van der Waals surface area (Å²) >= 11 is 0. The number of aromatic amines is 1. The molecule has 120 valence electrons. The molecular formula is C16H18N4O3. The second-order valence-corrected chi connectivity index (χ2v) is 5.49. The molecule has 7 nitrogen and oxygen atoms in total. The summed E-state index contributed by atoms with van der Waals surface area (Å²) in [5, 5.41) is 0. The van der Waals surface area contributed by atoms with Crippen LogP contribution in [0.2, 0.25) is 0 Å². The van der Waals surface area contributed by atoms with Crippen molar-refractivity contribution in [2.45, 2.75) is 25.9 Å². The van der Waals surface area contributed by atoms with E-state index in [1.165, 1.54) is 12.3 Å². The molecule has 0 bridgehead atoms. The largest absolute Gasteiger partial charge is 0.474 e. The van der Waals surface area contributed by atoms with E-state index < -0.39 is 0 Å². The van der Waals surface area contributed by atoms with Crippen molar-refractivity contribution in [2.24, 2.45) is 0 Å². The molecule has 0 unspecified atom stereocenters. The van der Waals surface area contributed by atoms with E-state index in [9.17, 15) is 9.59 Å². The summed E-state index contributed by atoms with van der Waals surface area (Å²) in [6.45, 7) is 3.01. The van der Waals surface area contributed by atoms with Gasteiger partial charge in [-0.2, -0.15) is 4.98 Å². The van der Waals surface area contributed by atoms with Crippen LogP contribution in [0.3, 0.4) is 0 Å². The molecule has 0 atom stereocenters. The zero-order valence-electron chi connectivity index (χ0n) is 12.9. The summed E-state index contributed by atoms with van der Waals surface area (Å²) in [6.07, 6.45) is 4.66. The Morgan fingerprint density at radius 2 is 2.13 bits per heavy atom. The van der Waals surface area contributed by atoms with Gasteiger partial charge in [0.05, 0.1) is 0 Å². The van der Waals surface area contributed by atoms with Gasteiger partial charge in [0.1, 0.15) is 11.9 Å². The number of carbonyl (C=O) groups excluding carboxylic acids is 1. The van der Waals surface area contributed by atoms with Crippen LogP contribution < -0.4 is 10.3 Å². The number of aryl methyl sites for hydroxylation is 1. The Kier molecular flexibility index (Phi) is 4.36. The summed E-state index contributed by atoms with van der Waals surface area (Å²) in [5.41, 5.74) is 0.146. The highest BCUT2D eigenvalue weighted by Crippen LogP contribution is 2.18. The highest BCUT2D eigenvalue weighted by Gasteiger charge is 2.25. The maximum absolute atomic E-state index is 12.4. The number of pyridine rings is 1. The van der Waals surface area contributed by atoms with Gasteiger partial charge in [-0.25, -0.2) is 4.98 Å². The lowest BCUT2D eigenvalue weighted by Gasteiger charge is -2.32. The van der Waals surface area contributed by atoms with Crippen molar-refractivity contribution in [3.63, 3.8) is 0 Å². The predicted octanol–water partition coefficient (Wildman–Crippen LogP) is 1.16. The Hall–Kier alpha value is -2.70. The van der Waals surface area contributed by atoms with E-state index in [1.807, 2.05) is 6.92 Å². The third kappa shape index (κ3) is 3.74. The Balaban J connectivity index is 1.58. The van der Waals surface area contributed by atoms with Crippen molar-refractivity contribution in [3.05, 3.63) is 52.3 Å². The average molecular weight is 314 g/mol.